The van der Waals surface area contributed by atoms with E-state index in [1.54, 1.807) is 29.2 Å². The maximum Gasteiger partial charge on any atom is 0.407 e. The first-order valence-corrected chi connectivity index (χ1v) is 11.3. The number of esters is 1. The molecule has 0 unspecified atom stereocenters. The van der Waals surface area contributed by atoms with Crippen LogP contribution in [-0.2, 0) is 19.1 Å². The summed E-state index contributed by atoms with van der Waals surface area (Å²) in [6.45, 7) is 4.48. The highest BCUT2D eigenvalue weighted by Gasteiger charge is 2.43. The fraction of sp³-hybridized carbons (Fsp3) is 0.440. The number of alkyl halides is 3. The summed E-state index contributed by atoms with van der Waals surface area (Å²) in [7, 11) is 1.15. The maximum atomic E-state index is 14.1. The van der Waals surface area contributed by atoms with Gasteiger partial charge in [0, 0.05) is 23.0 Å². The summed E-state index contributed by atoms with van der Waals surface area (Å²) in [6.07, 6.45) is -4.47. The molecule has 1 N–H and O–H groups in total. The van der Waals surface area contributed by atoms with E-state index in [1.807, 2.05) is 13.8 Å². The number of furan rings is 1. The van der Waals surface area contributed by atoms with E-state index in [1.165, 1.54) is 12.1 Å². The Morgan fingerprint density at radius 1 is 1.14 bits per heavy atom. The van der Waals surface area contributed by atoms with Crippen LogP contribution in [0.5, 0.6) is 0 Å². The van der Waals surface area contributed by atoms with E-state index in [0.717, 1.165) is 7.11 Å². The first-order valence-electron chi connectivity index (χ1n) is 11.3. The average molecular weight is 492 g/mol. The third-order valence-corrected chi connectivity index (χ3v) is 6.00. The van der Waals surface area contributed by atoms with Crippen LogP contribution in [0.1, 0.15) is 31.9 Å². The number of halogens is 3. The number of hydrogen-bond acceptors (Lipinski definition) is 6. The van der Waals surface area contributed by atoms with Crippen molar-refractivity contribution in [2.75, 3.05) is 31.8 Å². The zero-order valence-corrected chi connectivity index (χ0v) is 19.6. The van der Waals surface area contributed by atoms with Gasteiger partial charge in [0.2, 0.25) is 0 Å². The molecule has 2 aromatic carbocycles. The molecule has 1 amide bonds. The Labute approximate surface area is 200 Å². The van der Waals surface area contributed by atoms with Crippen LogP contribution in [0.15, 0.2) is 40.8 Å². The fourth-order valence-corrected chi connectivity index (χ4v) is 4.35. The number of hydrogen-bond donors (Lipinski definition) is 1. The van der Waals surface area contributed by atoms with Gasteiger partial charge >= 0.3 is 12.1 Å². The summed E-state index contributed by atoms with van der Waals surface area (Å²) in [5, 5.41) is 3.76. The molecule has 0 saturated carbocycles. The van der Waals surface area contributed by atoms with Crippen molar-refractivity contribution >= 4 is 39.5 Å². The van der Waals surface area contributed by atoms with Crippen molar-refractivity contribution < 1.29 is 36.7 Å². The lowest BCUT2D eigenvalue weighted by Gasteiger charge is -2.27. The van der Waals surface area contributed by atoms with Crippen LogP contribution >= 0.6 is 0 Å². The number of methoxy groups -OCH3 is 1. The highest BCUT2D eigenvalue weighted by molar-refractivity contribution is 6.07. The normalized spacial score (nSPS) is 16.8. The Bertz CT molecular complexity index is 1240. The van der Waals surface area contributed by atoms with Gasteiger partial charge in [-0.2, -0.15) is 13.2 Å². The minimum absolute atomic E-state index is 0.00272. The van der Waals surface area contributed by atoms with Gasteiger partial charge in [0.15, 0.2) is 0 Å². The minimum atomic E-state index is -4.66. The molecule has 0 bridgehead atoms. The lowest BCUT2D eigenvalue weighted by molar-refractivity contribution is -0.164. The standard InChI is InChI=1S/C25H27F3N2O5/c1-14(2)10-19(24(32)33-3)29-23(25(26,27)28)15-4-6-17-18-12-16(30-8-9-34-13-22(30)31)5-7-20(18)35-21(17)11-15/h4-7,11-12,14,19,23,29H,8-10,13H2,1-3H3/t19-,23-/m0/s1. The largest absolute Gasteiger partial charge is 0.468 e. The number of carbonyl (C=O) groups excluding carboxylic acids is 2. The van der Waals surface area contributed by atoms with Crippen molar-refractivity contribution in [3.8, 4) is 0 Å². The minimum Gasteiger partial charge on any atom is -0.468 e. The molecule has 1 saturated heterocycles. The van der Waals surface area contributed by atoms with E-state index in [4.69, 9.17) is 13.9 Å². The van der Waals surface area contributed by atoms with Crippen LogP contribution in [0.4, 0.5) is 18.9 Å². The second-order valence-electron chi connectivity index (χ2n) is 8.98. The van der Waals surface area contributed by atoms with Crippen molar-refractivity contribution in [3.05, 3.63) is 42.0 Å². The van der Waals surface area contributed by atoms with Crippen molar-refractivity contribution in [1.29, 1.82) is 0 Å². The lowest BCUT2D eigenvalue weighted by Crippen LogP contribution is -2.45. The molecule has 2 atom stereocenters. The number of amides is 1. The Morgan fingerprint density at radius 3 is 2.57 bits per heavy atom. The maximum absolute atomic E-state index is 14.1. The first kappa shape index (κ1) is 25.0. The molecular weight excluding hydrogens is 465 g/mol. The van der Waals surface area contributed by atoms with Crippen molar-refractivity contribution in [2.24, 2.45) is 5.92 Å². The monoisotopic (exact) mass is 492 g/mol. The summed E-state index contributed by atoms with van der Waals surface area (Å²) in [4.78, 5) is 26.0. The zero-order chi connectivity index (χ0) is 25.3. The number of fused-ring (bicyclic) bond motifs is 3. The summed E-state index contributed by atoms with van der Waals surface area (Å²) in [5.74, 6) is -0.930. The molecule has 1 aliphatic rings. The van der Waals surface area contributed by atoms with Crippen LogP contribution in [0, 0.1) is 5.92 Å². The molecular formula is C25H27F3N2O5. The fourth-order valence-electron chi connectivity index (χ4n) is 4.35. The van der Waals surface area contributed by atoms with Gasteiger partial charge in [-0.25, -0.2) is 0 Å². The Kier molecular flexibility index (Phi) is 7.05. The number of ether oxygens (including phenoxy) is 2. The molecule has 7 nitrogen and oxygen atoms in total. The van der Waals surface area contributed by atoms with E-state index < -0.39 is 24.2 Å². The molecule has 1 aromatic heterocycles. The van der Waals surface area contributed by atoms with E-state index in [9.17, 15) is 22.8 Å². The third kappa shape index (κ3) is 5.28. The second kappa shape index (κ2) is 9.87. The number of anilines is 1. The quantitative estimate of drug-likeness (QED) is 0.481. The van der Waals surface area contributed by atoms with E-state index in [-0.39, 0.29) is 36.0 Å². The number of carbonyl (C=O) groups is 2. The number of nitrogens with zero attached hydrogens (tertiary/aromatic N) is 1. The predicted molar refractivity (Wildman–Crippen MR) is 124 cm³/mol. The average Bonchev–Trinajstić information content (AvgIpc) is 3.17. The Hall–Kier alpha value is -3.11. The van der Waals surface area contributed by atoms with Crippen LogP contribution in [-0.4, -0.2) is 51.0 Å². The predicted octanol–water partition coefficient (Wildman–Crippen LogP) is 4.73. The zero-order valence-electron chi connectivity index (χ0n) is 19.6. The number of nitrogens with one attached hydrogen (secondary N) is 1. The molecule has 0 radical (unpaired) electrons. The Balaban J connectivity index is 1.71. The molecule has 35 heavy (non-hydrogen) atoms. The molecule has 0 aliphatic carbocycles. The van der Waals surface area contributed by atoms with E-state index in [0.29, 0.717) is 35.2 Å². The smallest absolute Gasteiger partial charge is 0.407 e. The van der Waals surface area contributed by atoms with Crippen molar-refractivity contribution in [1.82, 2.24) is 5.32 Å². The second-order valence-corrected chi connectivity index (χ2v) is 8.98. The van der Waals surface area contributed by atoms with Crippen LogP contribution in [0.3, 0.4) is 0 Å². The summed E-state index contributed by atoms with van der Waals surface area (Å²) in [5.41, 5.74) is 1.36. The molecule has 1 fully saturated rings. The highest BCUT2D eigenvalue weighted by Crippen LogP contribution is 2.38. The number of benzene rings is 2. The van der Waals surface area contributed by atoms with Crippen molar-refractivity contribution in [2.45, 2.75) is 38.5 Å². The molecule has 188 valence electrons. The van der Waals surface area contributed by atoms with Gasteiger partial charge in [-0.15, -0.1) is 0 Å². The molecule has 0 spiro atoms. The molecule has 4 rings (SSSR count). The lowest BCUT2D eigenvalue weighted by atomic mass is 9.99. The molecule has 3 aromatic rings. The van der Waals surface area contributed by atoms with Crippen LogP contribution in [0.2, 0.25) is 0 Å². The summed E-state index contributed by atoms with van der Waals surface area (Å²) in [6, 6.07) is 6.29. The van der Waals surface area contributed by atoms with Gasteiger partial charge in [-0.1, -0.05) is 26.0 Å². The van der Waals surface area contributed by atoms with Crippen LogP contribution < -0.4 is 10.2 Å². The summed E-state index contributed by atoms with van der Waals surface area (Å²) < 4.78 is 58.0. The number of morpholine rings is 1. The number of rotatable bonds is 7. The van der Waals surface area contributed by atoms with Crippen molar-refractivity contribution in [3.63, 3.8) is 0 Å². The van der Waals surface area contributed by atoms with Gasteiger partial charge in [-0.05, 0) is 42.2 Å². The first-order chi connectivity index (χ1) is 16.6. The molecule has 1 aliphatic heterocycles. The topological polar surface area (TPSA) is 81.0 Å². The summed E-state index contributed by atoms with van der Waals surface area (Å²) >= 11 is 0. The van der Waals surface area contributed by atoms with Crippen LogP contribution in [0.25, 0.3) is 21.9 Å². The highest BCUT2D eigenvalue weighted by atomic mass is 19.4. The molecule has 2 heterocycles. The van der Waals surface area contributed by atoms with Gasteiger partial charge in [0.25, 0.3) is 5.91 Å². The van der Waals surface area contributed by atoms with E-state index >= 15 is 0 Å². The van der Waals surface area contributed by atoms with Gasteiger partial charge in [0.1, 0.15) is 29.9 Å². The molecule has 10 heteroatoms. The third-order valence-electron chi connectivity index (χ3n) is 6.00. The van der Waals surface area contributed by atoms with Gasteiger partial charge < -0.3 is 18.8 Å². The van der Waals surface area contributed by atoms with Gasteiger partial charge in [-0.3, -0.25) is 14.9 Å². The Morgan fingerprint density at radius 2 is 1.91 bits per heavy atom. The van der Waals surface area contributed by atoms with Gasteiger partial charge in [0.05, 0.1) is 13.7 Å². The SMILES string of the molecule is COC(=O)[C@H](CC(C)C)N[C@@H](c1ccc2c(c1)oc1ccc(N3CCOCC3=O)cc12)C(F)(F)F. The van der Waals surface area contributed by atoms with E-state index in [2.05, 4.69) is 5.32 Å².